The van der Waals surface area contributed by atoms with E-state index in [0.29, 0.717) is 37.7 Å². The lowest BCUT2D eigenvalue weighted by atomic mass is 10.1. The van der Waals surface area contributed by atoms with Crippen LogP contribution in [0.3, 0.4) is 0 Å². The molecule has 0 atom stereocenters. The van der Waals surface area contributed by atoms with Gasteiger partial charge in [-0.1, -0.05) is 0 Å². The smallest absolute Gasteiger partial charge is 0.265 e. The van der Waals surface area contributed by atoms with Crippen LogP contribution in [0.5, 0.6) is 11.5 Å². The van der Waals surface area contributed by atoms with Gasteiger partial charge in [-0.2, -0.15) is 0 Å². The maximum absolute atomic E-state index is 12.8. The van der Waals surface area contributed by atoms with Gasteiger partial charge in [0.1, 0.15) is 4.88 Å². The average Bonchev–Trinajstić information content (AvgIpc) is 3.16. The Labute approximate surface area is 185 Å². The van der Waals surface area contributed by atoms with Crippen molar-refractivity contribution in [2.75, 3.05) is 45.3 Å². The molecule has 1 aromatic carbocycles. The summed E-state index contributed by atoms with van der Waals surface area (Å²) < 4.78 is 10.7. The normalized spacial score (nSPS) is 13.9. The van der Waals surface area contributed by atoms with E-state index in [2.05, 4.69) is 20.1 Å². The van der Waals surface area contributed by atoms with Gasteiger partial charge in [0.25, 0.3) is 5.91 Å². The fourth-order valence-corrected chi connectivity index (χ4v) is 4.54. The van der Waals surface area contributed by atoms with Crippen LogP contribution in [0.25, 0.3) is 11.3 Å². The van der Waals surface area contributed by atoms with Crippen LogP contribution in [0.2, 0.25) is 0 Å². The fourth-order valence-electron chi connectivity index (χ4n) is 3.66. The van der Waals surface area contributed by atoms with Crippen LogP contribution in [0.15, 0.2) is 30.3 Å². The van der Waals surface area contributed by atoms with Crippen molar-refractivity contribution in [2.24, 2.45) is 0 Å². The second-order valence-corrected chi connectivity index (χ2v) is 8.48. The first kappa shape index (κ1) is 21.0. The van der Waals surface area contributed by atoms with E-state index >= 15 is 0 Å². The molecule has 1 aliphatic rings. The number of methoxy groups -OCH3 is 2. The molecule has 9 heteroatoms. The highest BCUT2D eigenvalue weighted by atomic mass is 32.1. The van der Waals surface area contributed by atoms with Gasteiger partial charge in [-0.25, -0.2) is 4.98 Å². The van der Waals surface area contributed by atoms with Gasteiger partial charge in [0.15, 0.2) is 17.3 Å². The molecule has 31 heavy (non-hydrogen) atoms. The topological polar surface area (TPSA) is 80.7 Å². The largest absolute Gasteiger partial charge is 0.493 e. The molecule has 4 rings (SSSR count). The van der Waals surface area contributed by atoms with Gasteiger partial charge >= 0.3 is 0 Å². The Morgan fingerprint density at radius 1 is 0.968 bits per heavy atom. The summed E-state index contributed by atoms with van der Waals surface area (Å²) >= 11 is 1.46. The van der Waals surface area contributed by atoms with Crippen molar-refractivity contribution in [3.05, 3.63) is 45.9 Å². The highest BCUT2D eigenvalue weighted by Gasteiger charge is 2.25. The molecule has 0 aliphatic carbocycles. The molecule has 1 fully saturated rings. The molecular formula is C22H25N5O3S. The Morgan fingerprint density at radius 2 is 1.71 bits per heavy atom. The van der Waals surface area contributed by atoms with Gasteiger partial charge in [-0.15, -0.1) is 21.5 Å². The predicted molar refractivity (Wildman–Crippen MR) is 120 cm³/mol. The lowest BCUT2D eigenvalue weighted by Crippen LogP contribution is -2.49. The van der Waals surface area contributed by atoms with Crippen LogP contribution in [0, 0.1) is 13.8 Å². The van der Waals surface area contributed by atoms with Gasteiger partial charge in [0, 0.05) is 31.7 Å². The highest BCUT2D eigenvalue weighted by molar-refractivity contribution is 7.13. The molecule has 0 spiro atoms. The van der Waals surface area contributed by atoms with E-state index < -0.39 is 0 Å². The first-order valence-corrected chi connectivity index (χ1v) is 10.9. The second kappa shape index (κ2) is 8.89. The van der Waals surface area contributed by atoms with E-state index in [0.717, 1.165) is 32.7 Å². The molecule has 0 unspecified atom stereocenters. The number of carbonyl (C=O) groups excluding carboxylic acids is 1. The zero-order chi connectivity index (χ0) is 22.0. The number of ether oxygens (including phenoxy) is 2. The van der Waals surface area contributed by atoms with Crippen molar-refractivity contribution in [1.29, 1.82) is 0 Å². The molecule has 3 aromatic rings. The number of anilines is 1. The van der Waals surface area contributed by atoms with Crippen molar-refractivity contribution in [3.63, 3.8) is 0 Å². The molecule has 0 saturated carbocycles. The van der Waals surface area contributed by atoms with Crippen LogP contribution in [-0.2, 0) is 0 Å². The minimum absolute atomic E-state index is 0.0673. The van der Waals surface area contributed by atoms with Crippen LogP contribution >= 0.6 is 11.3 Å². The van der Waals surface area contributed by atoms with Crippen molar-refractivity contribution in [3.8, 4) is 22.8 Å². The standard InChI is InChI=1S/C22H25N5O3S/c1-14-21(31-15(2)23-14)22(28)27-11-9-26(10-12-27)20-8-6-17(24-25-20)16-5-7-18(29-3)19(13-16)30-4/h5-8,13H,9-12H2,1-4H3. The van der Waals surface area contributed by atoms with Gasteiger partial charge in [0.05, 0.1) is 30.6 Å². The van der Waals surface area contributed by atoms with Crippen LogP contribution in [0.1, 0.15) is 20.4 Å². The van der Waals surface area contributed by atoms with Crippen LogP contribution in [-0.4, -0.2) is 66.4 Å². The van der Waals surface area contributed by atoms with Crippen molar-refractivity contribution in [1.82, 2.24) is 20.1 Å². The molecule has 3 heterocycles. The number of piperazine rings is 1. The molecule has 2 aromatic heterocycles. The quantitative estimate of drug-likeness (QED) is 0.604. The second-order valence-electron chi connectivity index (χ2n) is 7.27. The summed E-state index contributed by atoms with van der Waals surface area (Å²) in [5, 5.41) is 9.73. The summed E-state index contributed by atoms with van der Waals surface area (Å²) in [6.07, 6.45) is 0. The van der Waals surface area contributed by atoms with Crippen molar-refractivity contribution in [2.45, 2.75) is 13.8 Å². The summed E-state index contributed by atoms with van der Waals surface area (Å²) in [4.78, 5) is 22.0. The molecule has 0 radical (unpaired) electrons. The maximum Gasteiger partial charge on any atom is 0.265 e. The Kier molecular flexibility index (Phi) is 6.03. The monoisotopic (exact) mass is 439 g/mol. The SMILES string of the molecule is COc1ccc(-c2ccc(N3CCN(C(=O)c4sc(C)nc4C)CC3)nn2)cc1OC. The zero-order valence-corrected chi connectivity index (χ0v) is 18.9. The Balaban J connectivity index is 1.42. The molecule has 0 N–H and O–H groups in total. The number of aromatic nitrogens is 3. The number of hydrogen-bond acceptors (Lipinski definition) is 8. The summed E-state index contributed by atoms with van der Waals surface area (Å²) in [7, 11) is 3.22. The van der Waals surface area contributed by atoms with Gasteiger partial charge in [0.2, 0.25) is 0 Å². The molecular weight excluding hydrogens is 414 g/mol. The molecule has 0 bridgehead atoms. The summed E-state index contributed by atoms with van der Waals surface area (Å²) in [5.74, 6) is 2.20. The number of hydrogen-bond donors (Lipinski definition) is 0. The Morgan fingerprint density at radius 3 is 2.29 bits per heavy atom. The number of benzene rings is 1. The summed E-state index contributed by atoms with van der Waals surface area (Å²) in [6.45, 7) is 6.54. The molecule has 1 amide bonds. The third kappa shape index (κ3) is 4.32. The number of thiazole rings is 1. The molecule has 1 aliphatic heterocycles. The van der Waals surface area contributed by atoms with Gasteiger partial charge in [-0.3, -0.25) is 4.79 Å². The van der Waals surface area contributed by atoms with E-state index in [1.807, 2.05) is 49.1 Å². The minimum Gasteiger partial charge on any atom is -0.493 e. The number of carbonyl (C=O) groups is 1. The Bertz CT molecular complexity index is 1080. The molecule has 1 saturated heterocycles. The number of amides is 1. The van der Waals surface area contributed by atoms with E-state index in [-0.39, 0.29) is 5.91 Å². The fraction of sp³-hybridized carbons (Fsp3) is 0.364. The third-order valence-electron chi connectivity index (χ3n) is 5.32. The first-order chi connectivity index (χ1) is 15.0. The zero-order valence-electron chi connectivity index (χ0n) is 18.1. The van der Waals surface area contributed by atoms with Crippen molar-refractivity contribution >= 4 is 23.1 Å². The lowest BCUT2D eigenvalue weighted by molar-refractivity contribution is 0.0750. The average molecular weight is 440 g/mol. The van der Waals surface area contributed by atoms with Gasteiger partial charge in [-0.05, 0) is 44.2 Å². The number of nitrogens with zero attached hydrogens (tertiary/aromatic N) is 5. The summed E-state index contributed by atoms with van der Waals surface area (Å²) in [5.41, 5.74) is 2.48. The van der Waals surface area contributed by atoms with Crippen LogP contribution in [0.4, 0.5) is 5.82 Å². The van der Waals surface area contributed by atoms with E-state index in [4.69, 9.17) is 9.47 Å². The first-order valence-electron chi connectivity index (χ1n) is 10.0. The van der Waals surface area contributed by atoms with Gasteiger partial charge < -0.3 is 19.3 Å². The number of aryl methyl sites for hydroxylation is 2. The predicted octanol–water partition coefficient (Wildman–Crippen LogP) is 3.20. The highest BCUT2D eigenvalue weighted by Crippen LogP contribution is 2.31. The third-order valence-corrected chi connectivity index (χ3v) is 6.38. The molecule has 8 nitrogen and oxygen atoms in total. The summed E-state index contributed by atoms with van der Waals surface area (Å²) in [6, 6.07) is 9.58. The van der Waals surface area contributed by atoms with E-state index in [1.54, 1.807) is 14.2 Å². The lowest BCUT2D eigenvalue weighted by Gasteiger charge is -2.35. The maximum atomic E-state index is 12.8. The Hall–Kier alpha value is -3.20. The minimum atomic E-state index is 0.0673. The number of rotatable bonds is 5. The van der Waals surface area contributed by atoms with E-state index in [1.165, 1.54) is 11.3 Å². The molecule has 162 valence electrons. The van der Waals surface area contributed by atoms with E-state index in [9.17, 15) is 4.79 Å². The van der Waals surface area contributed by atoms with Crippen LogP contribution < -0.4 is 14.4 Å². The van der Waals surface area contributed by atoms with Crippen molar-refractivity contribution < 1.29 is 14.3 Å².